The lowest BCUT2D eigenvalue weighted by atomic mass is 10.2. The maximum Gasteiger partial charge on any atom is 0.306 e. The van der Waals surface area contributed by atoms with Gasteiger partial charge in [0.05, 0.1) is 6.42 Å². The van der Waals surface area contributed by atoms with E-state index in [9.17, 15) is 19.2 Å². The molecule has 0 aliphatic rings. The summed E-state index contributed by atoms with van der Waals surface area (Å²) >= 11 is 0. The van der Waals surface area contributed by atoms with Gasteiger partial charge in [-0.3, -0.25) is 19.2 Å². The third-order valence-electron chi connectivity index (χ3n) is 3.74. The van der Waals surface area contributed by atoms with Crippen LogP contribution < -0.4 is 16.0 Å². The third-order valence-corrected chi connectivity index (χ3v) is 3.74. The van der Waals surface area contributed by atoms with Gasteiger partial charge in [0.15, 0.2) is 6.61 Å². The molecule has 0 fully saturated rings. The Morgan fingerprint density at radius 2 is 1.41 bits per heavy atom. The first-order chi connectivity index (χ1) is 13.9. The van der Waals surface area contributed by atoms with Gasteiger partial charge in [-0.15, -0.1) is 0 Å². The summed E-state index contributed by atoms with van der Waals surface area (Å²) in [7, 11) is 0. The maximum absolute atomic E-state index is 11.8. The normalized spacial score (nSPS) is 9.97. The van der Waals surface area contributed by atoms with Crippen molar-refractivity contribution in [1.82, 2.24) is 5.32 Å². The van der Waals surface area contributed by atoms with Crippen molar-refractivity contribution in [3.05, 3.63) is 60.2 Å². The first-order valence-electron chi connectivity index (χ1n) is 9.06. The van der Waals surface area contributed by atoms with Crippen molar-refractivity contribution in [1.29, 1.82) is 0 Å². The Balaban J connectivity index is 1.63. The van der Waals surface area contributed by atoms with Crippen molar-refractivity contribution < 1.29 is 23.9 Å². The second kappa shape index (κ2) is 11.2. The van der Waals surface area contributed by atoms with Crippen molar-refractivity contribution in [3.8, 4) is 0 Å². The van der Waals surface area contributed by atoms with Gasteiger partial charge in [-0.2, -0.15) is 0 Å². The largest absolute Gasteiger partial charge is 0.456 e. The zero-order valence-electron chi connectivity index (χ0n) is 16.1. The van der Waals surface area contributed by atoms with E-state index in [1.54, 1.807) is 24.3 Å². The molecule has 0 saturated carbocycles. The van der Waals surface area contributed by atoms with Crippen molar-refractivity contribution in [2.45, 2.75) is 26.3 Å². The van der Waals surface area contributed by atoms with Crippen LogP contribution in [0.2, 0.25) is 0 Å². The summed E-state index contributed by atoms with van der Waals surface area (Å²) in [5.41, 5.74) is 2.07. The monoisotopic (exact) mass is 397 g/mol. The van der Waals surface area contributed by atoms with Crippen LogP contribution in [0.1, 0.15) is 25.3 Å². The molecular weight excluding hydrogens is 374 g/mol. The zero-order chi connectivity index (χ0) is 21.1. The predicted octanol–water partition coefficient (Wildman–Crippen LogP) is 2.22. The van der Waals surface area contributed by atoms with Gasteiger partial charge >= 0.3 is 5.97 Å². The topological polar surface area (TPSA) is 114 Å². The van der Waals surface area contributed by atoms with Gasteiger partial charge in [0.1, 0.15) is 0 Å². The molecule has 8 heteroatoms. The fourth-order valence-electron chi connectivity index (χ4n) is 2.36. The predicted molar refractivity (Wildman–Crippen MR) is 108 cm³/mol. The molecule has 0 aliphatic carbocycles. The smallest absolute Gasteiger partial charge is 0.306 e. The number of ether oxygens (including phenoxy) is 1. The van der Waals surface area contributed by atoms with Crippen LogP contribution in [0.5, 0.6) is 0 Å². The van der Waals surface area contributed by atoms with Crippen molar-refractivity contribution >= 4 is 35.1 Å². The van der Waals surface area contributed by atoms with E-state index in [2.05, 4.69) is 16.0 Å². The zero-order valence-corrected chi connectivity index (χ0v) is 16.1. The van der Waals surface area contributed by atoms with Gasteiger partial charge in [0.25, 0.3) is 5.91 Å². The molecule has 0 aliphatic heterocycles. The molecule has 29 heavy (non-hydrogen) atoms. The van der Waals surface area contributed by atoms with Crippen LogP contribution in [0.15, 0.2) is 54.6 Å². The van der Waals surface area contributed by atoms with Crippen LogP contribution in [0.3, 0.4) is 0 Å². The third kappa shape index (κ3) is 8.70. The van der Waals surface area contributed by atoms with E-state index in [1.807, 2.05) is 30.3 Å². The van der Waals surface area contributed by atoms with Crippen molar-refractivity contribution in [3.63, 3.8) is 0 Å². The molecule has 0 bridgehead atoms. The van der Waals surface area contributed by atoms with E-state index < -0.39 is 18.5 Å². The van der Waals surface area contributed by atoms with Crippen molar-refractivity contribution in [2.75, 3.05) is 17.2 Å². The van der Waals surface area contributed by atoms with E-state index >= 15 is 0 Å². The Kier molecular flexibility index (Phi) is 8.37. The molecular formula is C21H23N3O5. The SMILES string of the molecule is CC(=O)Nc1ccc(NC(=O)COC(=O)CCC(=O)NCc2ccccc2)cc1. The minimum absolute atomic E-state index is 0.0160. The number of carbonyl (C=O) groups excluding carboxylic acids is 4. The average Bonchev–Trinajstić information content (AvgIpc) is 2.71. The Hall–Kier alpha value is -3.68. The molecule has 2 aromatic rings. The Labute approximate surface area is 168 Å². The van der Waals surface area contributed by atoms with Crippen LogP contribution >= 0.6 is 0 Å². The quantitative estimate of drug-likeness (QED) is 0.562. The highest BCUT2D eigenvalue weighted by molar-refractivity contribution is 5.94. The molecule has 8 nitrogen and oxygen atoms in total. The highest BCUT2D eigenvalue weighted by Crippen LogP contribution is 2.13. The second-order valence-corrected chi connectivity index (χ2v) is 6.23. The van der Waals surface area contributed by atoms with Gasteiger partial charge in [0, 0.05) is 31.3 Å². The minimum atomic E-state index is -0.629. The Morgan fingerprint density at radius 3 is 2.03 bits per heavy atom. The number of benzene rings is 2. The van der Waals surface area contributed by atoms with E-state index in [0.29, 0.717) is 17.9 Å². The fourth-order valence-corrected chi connectivity index (χ4v) is 2.36. The molecule has 152 valence electrons. The number of nitrogens with one attached hydrogen (secondary N) is 3. The molecule has 0 atom stereocenters. The summed E-state index contributed by atoms with van der Waals surface area (Å²) in [6.07, 6.45) is -0.128. The Bertz CT molecular complexity index is 850. The molecule has 0 saturated heterocycles. The number of amides is 3. The number of rotatable bonds is 9. The van der Waals surface area contributed by atoms with Gasteiger partial charge in [-0.25, -0.2) is 0 Å². The summed E-state index contributed by atoms with van der Waals surface area (Å²) in [4.78, 5) is 46.3. The number of carbonyl (C=O) groups is 4. The molecule has 0 radical (unpaired) electrons. The lowest BCUT2D eigenvalue weighted by Crippen LogP contribution is -2.25. The molecule has 0 spiro atoms. The lowest BCUT2D eigenvalue weighted by Gasteiger charge is -2.08. The van der Waals surface area contributed by atoms with Crippen LogP contribution in [0.25, 0.3) is 0 Å². The molecule has 3 amide bonds. The van der Waals surface area contributed by atoms with E-state index in [1.165, 1.54) is 6.92 Å². The fraction of sp³-hybridized carbons (Fsp3) is 0.238. The highest BCUT2D eigenvalue weighted by atomic mass is 16.5. The van der Waals surface area contributed by atoms with E-state index in [4.69, 9.17) is 4.74 Å². The summed E-state index contributed by atoms with van der Waals surface area (Å²) in [5.74, 6) is -1.59. The molecule has 0 unspecified atom stereocenters. The van der Waals surface area contributed by atoms with Gasteiger partial charge in [-0.05, 0) is 29.8 Å². The van der Waals surface area contributed by atoms with Crippen LogP contribution in [0.4, 0.5) is 11.4 Å². The molecule has 2 aromatic carbocycles. The second-order valence-electron chi connectivity index (χ2n) is 6.23. The van der Waals surface area contributed by atoms with Gasteiger partial charge in [0.2, 0.25) is 11.8 Å². The molecule has 0 heterocycles. The molecule has 3 N–H and O–H groups in total. The maximum atomic E-state index is 11.8. The summed E-state index contributed by atoms with van der Waals surface area (Å²) < 4.78 is 4.88. The highest BCUT2D eigenvalue weighted by Gasteiger charge is 2.11. The summed E-state index contributed by atoms with van der Waals surface area (Å²) in [5, 5.41) is 7.90. The summed E-state index contributed by atoms with van der Waals surface area (Å²) in [6.45, 7) is 1.34. The first kappa shape index (κ1) is 21.6. The molecule has 2 rings (SSSR count). The van der Waals surface area contributed by atoms with Gasteiger partial charge < -0.3 is 20.7 Å². The number of esters is 1. The lowest BCUT2D eigenvalue weighted by molar-refractivity contribution is -0.148. The number of hydrogen-bond donors (Lipinski definition) is 3. The average molecular weight is 397 g/mol. The van der Waals surface area contributed by atoms with Crippen LogP contribution in [0, 0.1) is 0 Å². The van der Waals surface area contributed by atoms with E-state index in [-0.39, 0.29) is 24.7 Å². The number of hydrogen-bond acceptors (Lipinski definition) is 5. The van der Waals surface area contributed by atoms with Crippen LogP contribution in [-0.4, -0.2) is 30.3 Å². The van der Waals surface area contributed by atoms with Crippen molar-refractivity contribution in [2.24, 2.45) is 0 Å². The number of anilines is 2. The Morgan fingerprint density at radius 1 is 0.793 bits per heavy atom. The van der Waals surface area contributed by atoms with Crippen LogP contribution in [-0.2, 0) is 30.5 Å². The minimum Gasteiger partial charge on any atom is -0.456 e. The summed E-state index contributed by atoms with van der Waals surface area (Å²) in [6, 6.07) is 15.9. The van der Waals surface area contributed by atoms with Gasteiger partial charge in [-0.1, -0.05) is 30.3 Å². The standard InChI is InChI=1S/C21H23N3O5/c1-15(25)23-17-7-9-18(10-8-17)24-20(27)14-29-21(28)12-11-19(26)22-13-16-5-3-2-4-6-16/h2-10H,11-14H2,1H3,(H,22,26)(H,23,25)(H,24,27). The molecule has 0 aromatic heterocycles. The van der Waals surface area contributed by atoms with E-state index in [0.717, 1.165) is 5.56 Å². The first-order valence-corrected chi connectivity index (χ1v) is 9.06.